The predicted octanol–water partition coefficient (Wildman–Crippen LogP) is 3.80. The van der Waals surface area contributed by atoms with Gasteiger partial charge < -0.3 is 9.47 Å². The summed E-state index contributed by atoms with van der Waals surface area (Å²) in [5.41, 5.74) is 1.23. The molecular weight excluding hydrogens is 280 g/mol. The zero-order chi connectivity index (χ0) is 15.8. The van der Waals surface area contributed by atoms with Crippen molar-refractivity contribution in [3.8, 4) is 5.75 Å². The Hall–Kier alpha value is -2.58. The first kappa shape index (κ1) is 15.8. The second-order valence-corrected chi connectivity index (χ2v) is 4.90. The molecule has 1 aromatic carbocycles. The van der Waals surface area contributed by atoms with Gasteiger partial charge in [-0.25, -0.2) is 9.59 Å². The van der Waals surface area contributed by atoms with Crippen LogP contribution in [0.15, 0.2) is 54.1 Å². The number of benzene rings is 1. The minimum absolute atomic E-state index is 0.263. The van der Waals surface area contributed by atoms with E-state index in [4.69, 9.17) is 9.47 Å². The molecule has 4 nitrogen and oxygen atoms in total. The molecule has 0 fully saturated rings. The summed E-state index contributed by atoms with van der Waals surface area (Å²) >= 11 is 0. The predicted molar refractivity (Wildman–Crippen MR) is 83.4 cm³/mol. The van der Waals surface area contributed by atoms with Gasteiger partial charge in [-0.1, -0.05) is 43.7 Å². The summed E-state index contributed by atoms with van der Waals surface area (Å²) in [6.45, 7) is 2.11. The van der Waals surface area contributed by atoms with Gasteiger partial charge in [-0.3, -0.25) is 0 Å². The monoisotopic (exact) mass is 298 g/mol. The highest BCUT2D eigenvalue weighted by atomic mass is 16.7. The number of ether oxygens (including phenoxy) is 2. The van der Waals surface area contributed by atoms with Gasteiger partial charge in [-0.05, 0) is 36.6 Å². The molecule has 1 aliphatic rings. The third kappa shape index (κ3) is 4.21. The Labute approximate surface area is 129 Å². The normalized spacial score (nSPS) is 16.2. The van der Waals surface area contributed by atoms with Crippen molar-refractivity contribution >= 4 is 12.1 Å². The molecule has 1 aromatic rings. The average Bonchev–Trinajstić information content (AvgIpc) is 2.54. The summed E-state index contributed by atoms with van der Waals surface area (Å²) in [7, 11) is 0. The fourth-order valence-electron chi connectivity index (χ4n) is 2.11. The Morgan fingerprint density at radius 3 is 2.86 bits per heavy atom. The molecule has 0 heterocycles. The molecule has 0 saturated heterocycles. The first-order valence-corrected chi connectivity index (χ1v) is 7.31. The van der Waals surface area contributed by atoms with Crippen molar-refractivity contribution in [2.75, 3.05) is 0 Å². The van der Waals surface area contributed by atoms with Gasteiger partial charge in [0.2, 0.25) is 0 Å². The molecule has 2 rings (SSSR count). The van der Waals surface area contributed by atoms with E-state index >= 15 is 0 Å². The highest BCUT2D eigenvalue weighted by molar-refractivity contribution is 5.68. The Kier molecular flexibility index (Phi) is 5.75. The highest BCUT2D eigenvalue weighted by Gasteiger charge is 2.19. The fourth-order valence-corrected chi connectivity index (χ4v) is 2.11. The molecule has 4 heteroatoms. The van der Waals surface area contributed by atoms with Crippen molar-refractivity contribution in [2.45, 2.75) is 32.3 Å². The van der Waals surface area contributed by atoms with E-state index in [1.807, 2.05) is 12.1 Å². The van der Waals surface area contributed by atoms with Gasteiger partial charge >= 0.3 is 6.16 Å². The third-order valence-electron chi connectivity index (χ3n) is 3.29. The molecule has 0 aromatic heterocycles. The van der Waals surface area contributed by atoms with Crippen LogP contribution in [0.2, 0.25) is 0 Å². The minimum atomic E-state index is -0.832. The maximum absolute atomic E-state index is 11.9. The quantitative estimate of drug-likeness (QED) is 0.471. The van der Waals surface area contributed by atoms with Gasteiger partial charge in [0.05, 0.1) is 5.57 Å². The maximum atomic E-state index is 11.9. The number of unbranched alkanes of at least 4 members (excludes halogenated alkanes) is 1. The summed E-state index contributed by atoms with van der Waals surface area (Å²) in [6, 6.07) is 7.38. The number of hydrogen-bond acceptors (Lipinski definition) is 4. The second kappa shape index (κ2) is 8.01. The summed E-state index contributed by atoms with van der Waals surface area (Å²) in [6.07, 6.45) is 7.88. The lowest BCUT2D eigenvalue weighted by atomic mass is 10.1. The largest absolute Gasteiger partial charge is 0.514 e. The second-order valence-electron chi connectivity index (χ2n) is 4.90. The molecule has 0 N–H and O–H groups in total. The van der Waals surface area contributed by atoms with Crippen LogP contribution in [-0.4, -0.2) is 18.2 Å². The van der Waals surface area contributed by atoms with Crippen LogP contribution in [0.3, 0.4) is 0 Å². The summed E-state index contributed by atoms with van der Waals surface area (Å²) in [4.78, 5) is 22.7. The molecule has 0 amide bonds. The first-order valence-electron chi connectivity index (χ1n) is 7.31. The molecule has 22 heavy (non-hydrogen) atoms. The molecule has 0 saturated carbocycles. The van der Waals surface area contributed by atoms with Crippen molar-refractivity contribution in [1.29, 1.82) is 0 Å². The van der Waals surface area contributed by atoms with E-state index in [0.29, 0.717) is 5.75 Å². The van der Waals surface area contributed by atoms with E-state index < -0.39 is 12.3 Å². The molecule has 0 spiro atoms. The SMILES string of the molecule is CCCCc1ccccc1OC(=O)OC1C=CC=CC1=C=O. The van der Waals surface area contributed by atoms with E-state index in [-0.39, 0.29) is 5.57 Å². The molecule has 0 aliphatic heterocycles. The molecule has 1 aliphatic carbocycles. The zero-order valence-corrected chi connectivity index (χ0v) is 12.5. The molecule has 1 unspecified atom stereocenters. The summed E-state index contributed by atoms with van der Waals surface area (Å²) in [5, 5.41) is 0. The molecule has 1 atom stereocenters. The van der Waals surface area contributed by atoms with Crippen LogP contribution in [-0.2, 0) is 16.0 Å². The van der Waals surface area contributed by atoms with Crippen LogP contribution < -0.4 is 4.74 Å². The highest BCUT2D eigenvalue weighted by Crippen LogP contribution is 2.21. The van der Waals surface area contributed by atoms with E-state index in [1.54, 1.807) is 42.4 Å². The Bertz CT molecular complexity index is 636. The number of rotatable bonds is 5. The van der Waals surface area contributed by atoms with Gasteiger partial charge in [-0.2, -0.15) is 0 Å². The molecule has 114 valence electrons. The van der Waals surface area contributed by atoms with Crippen LogP contribution in [0.5, 0.6) is 5.75 Å². The summed E-state index contributed by atoms with van der Waals surface area (Å²) in [5.74, 6) is 2.25. The van der Waals surface area contributed by atoms with Crippen molar-refractivity contribution in [2.24, 2.45) is 0 Å². The minimum Gasteiger partial charge on any atom is -0.421 e. The smallest absolute Gasteiger partial charge is 0.421 e. The number of para-hydroxylation sites is 1. The molecule has 0 radical (unpaired) electrons. The number of carbonyl (C=O) groups is 1. The van der Waals surface area contributed by atoms with Gasteiger partial charge in [0.15, 0.2) is 6.10 Å². The van der Waals surface area contributed by atoms with Gasteiger partial charge in [-0.15, -0.1) is 0 Å². The van der Waals surface area contributed by atoms with Gasteiger partial charge in [0.25, 0.3) is 0 Å². The molecule has 0 bridgehead atoms. The van der Waals surface area contributed by atoms with E-state index in [2.05, 4.69) is 6.92 Å². The van der Waals surface area contributed by atoms with Crippen LogP contribution in [0.4, 0.5) is 4.79 Å². The van der Waals surface area contributed by atoms with Crippen LogP contribution in [0.1, 0.15) is 25.3 Å². The van der Waals surface area contributed by atoms with Crippen molar-refractivity contribution in [3.63, 3.8) is 0 Å². The number of hydrogen-bond donors (Lipinski definition) is 0. The average molecular weight is 298 g/mol. The number of aryl methyl sites for hydroxylation is 1. The Morgan fingerprint density at radius 1 is 1.27 bits per heavy atom. The lowest BCUT2D eigenvalue weighted by molar-refractivity contribution is 0.0880. The standard InChI is InChI=1S/C18H18O4/c1-2-3-8-14-9-4-6-11-16(14)21-18(20)22-17-12-7-5-10-15(17)13-19/h4-7,9-12,17H,2-3,8H2,1H3. The van der Waals surface area contributed by atoms with E-state index in [1.165, 1.54) is 0 Å². The molecular formula is C18H18O4. The van der Waals surface area contributed by atoms with Crippen LogP contribution in [0.25, 0.3) is 0 Å². The van der Waals surface area contributed by atoms with Crippen molar-refractivity contribution in [1.82, 2.24) is 0 Å². The van der Waals surface area contributed by atoms with Crippen LogP contribution in [0, 0.1) is 0 Å². The van der Waals surface area contributed by atoms with Crippen molar-refractivity contribution < 1.29 is 19.1 Å². The number of allylic oxidation sites excluding steroid dienone is 2. The Morgan fingerprint density at radius 2 is 2.09 bits per heavy atom. The number of carbonyl (C=O) groups excluding carboxylic acids is 2. The third-order valence-corrected chi connectivity index (χ3v) is 3.29. The summed E-state index contributed by atoms with van der Waals surface area (Å²) < 4.78 is 10.4. The fraction of sp³-hybridized carbons (Fsp3) is 0.278. The van der Waals surface area contributed by atoms with E-state index in [9.17, 15) is 9.59 Å². The van der Waals surface area contributed by atoms with Gasteiger partial charge in [0, 0.05) is 0 Å². The topological polar surface area (TPSA) is 52.6 Å². The lowest BCUT2D eigenvalue weighted by Gasteiger charge is -2.15. The van der Waals surface area contributed by atoms with Gasteiger partial charge in [0.1, 0.15) is 11.7 Å². The lowest BCUT2D eigenvalue weighted by Crippen LogP contribution is -2.22. The van der Waals surface area contributed by atoms with E-state index in [0.717, 1.165) is 24.8 Å². The Balaban J connectivity index is 2.02. The zero-order valence-electron chi connectivity index (χ0n) is 12.5. The maximum Gasteiger partial charge on any atom is 0.514 e. The van der Waals surface area contributed by atoms with Crippen LogP contribution >= 0.6 is 0 Å². The first-order chi connectivity index (χ1) is 10.7. The van der Waals surface area contributed by atoms with Crippen molar-refractivity contribution in [3.05, 3.63) is 59.7 Å².